The molecule has 0 aromatic heterocycles. The summed E-state index contributed by atoms with van der Waals surface area (Å²) >= 11 is 0. The van der Waals surface area contributed by atoms with E-state index in [1.807, 2.05) is 45.0 Å². The lowest BCUT2D eigenvalue weighted by Crippen LogP contribution is -2.49. The Bertz CT molecular complexity index is 1100. The van der Waals surface area contributed by atoms with E-state index >= 15 is 0 Å². The molecule has 2 aromatic carbocycles. The first-order valence-corrected chi connectivity index (χ1v) is 13.5. The largest absolute Gasteiger partial charge is 0.497 e. The molecule has 2 rings (SSSR count). The molecular formula is C26H37N3O5S. The molecule has 1 atom stereocenters. The molecule has 2 aromatic rings. The van der Waals surface area contributed by atoms with Crippen molar-refractivity contribution in [3.8, 4) is 5.75 Å². The highest BCUT2D eigenvalue weighted by Gasteiger charge is 2.27. The average Bonchev–Trinajstić information content (AvgIpc) is 2.79. The topological polar surface area (TPSA) is 96.0 Å². The number of anilines is 1. The van der Waals surface area contributed by atoms with Crippen molar-refractivity contribution in [2.75, 3.05) is 24.2 Å². The second-order valence-electron chi connectivity index (χ2n) is 8.99. The zero-order chi connectivity index (χ0) is 26.2. The minimum absolute atomic E-state index is 0.0486. The third-order valence-corrected chi connectivity index (χ3v) is 6.76. The number of hydrogen-bond acceptors (Lipinski definition) is 5. The van der Waals surface area contributed by atoms with E-state index in [9.17, 15) is 18.0 Å². The van der Waals surface area contributed by atoms with E-state index in [0.717, 1.165) is 17.4 Å². The third-order valence-electron chi connectivity index (χ3n) is 5.57. The predicted octanol–water partition coefficient (Wildman–Crippen LogP) is 3.49. The Kier molecular flexibility index (Phi) is 10.1. The van der Waals surface area contributed by atoms with E-state index in [4.69, 9.17) is 4.74 Å². The molecule has 0 saturated carbocycles. The van der Waals surface area contributed by atoms with Crippen molar-refractivity contribution in [3.63, 3.8) is 0 Å². The highest BCUT2D eigenvalue weighted by atomic mass is 32.2. The number of sulfonamides is 1. The summed E-state index contributed by atoms with van der Waals surface area (Å²) in [6.07, 6.45) is 1.53. The van der Waals surface area contributed by atoms with Gasteiger partial charge in [0.2, 0.25) is 21.8 Å². The van der Waals surface area contributed by atoms with Gasteiger partial charge in [-0.05, 0) is 51.8 Å². The number of benzene rings is 2. The molecule has 0 radical (unpaired) electrons. The van der Waals surface area contributed by atoms with Crippen LogP contribution in [0.3, 0.4) is 0 Å². The molecule has 1 N–H and O–H groups in total. The van der Waals surface area contributed by atoms with Crippen LogP contribution >= 0.6 is 0 Å². The molecule has 35 heavy (non-hydrogen) atoms. The Balaban J connectivity index is 2.17. The zero-order valence-electron chi connectivity index (χ0n) is 21.4. The van der Waals surface area contributed by atoms with Gasteiger partial charge in [0.15, 0.2) is 0 Å². The second kappa shape index (κ2) is 12.6. The lowest BCUT2D eigenvalue weighted by molar-refractivity contribution is -0.140. The number of ether oxygens (including phenoxy) is 1. The molecule has 0 fully saturated rings. The maximum Gasteiger partial charge on any atom is 0.242 e. The molecule has 0 heterocycles. The molecular weight excluding hydrogens is 466 g/mol. The van der Waals surface area contributed by atoms with Gasteiger partial charge in [0.1, 0.15) is 11.8 Å². The lowest BCUT2D eigenvalue weighted by Gasteiger charge is -2.30. The fourth-order valence-corrected chi connectivity index (χ4v) is 4.60. The van der Waals surface area contributed by atoms with E-state index in [1.54, 1.807) is 36.1 Å². The van der Waals surface area contributed by atoms with Gasteiger partial charge in [0.25, 0.3) is 0 Å². The van der Waals surface area contributed by atoms with Crippen LogP contribution in [0.1, 0.15) is 44.7 Å². The van der Waals surface area contributed by atoms with Gasteiger partial charge in [0.05, 0.1) is 19.1 Å². The quantitative estimate of drug-likeness (QED) is 0.478. The summed E-state index contributed by atoms with van der Waals surface area (Å²) in [6.45, 7) is 7.86. The van der Waals surface area contributed by atoms with Gasteiger partial charge in [-0.1, -0.05) is 35.9 Å². The first-order valence-electron chi connectivity index (χ1n) is 11.7. The molecule has 8 nitrogen and oxygen atoms in total. The lowest BCUT2D eigenvalue weighted by atomic mass is 10.1. The van der Waals surface area contributed by atoms with Crippen molar-refractivity contribution in [2.24, 2.45) is 0 Å². The smallest absolute Gasteiger partial charge is 0.242 e. The fraction of sp³-hybridized carbons (Fsp3) is 0.462. The van der Waals surface area contributed by atoms with E-state index in [0.29, 0.717) is 17.9 Å². The van der Waals surface area contributed by atoms with Gasteiger partial charge >= 0.3 is 0 Å². The summed E-state index contributed by atoms with van der Waals surface area (Å²) in [6, 6.07) is 13.9. The minimum atomic E-state index is -3.57. The Morgan fingerprint density at radius 2 is 1.71 bits per heavy atom. The van der Waals surface area contributed by atoms with Crippen LogP contribution in [0.2, 0.25) is 0 Å². The highest BCUT2D eigenvalue weighted by molar-refractivity contribution is 7.92. The van der Waals surface area contributed by atoms with Crippen LogP contribution in [0.15, 0.2) is 48.5 Å². The van der Waals surface area contributed by atoms with Crippen LogP contribution in [0, 0.1) is 6.92 Å². The first-order chi connectivity index (χ1) is 16.4. The molecule has 192 valence electrons. The third kappa shape index (κ3) is 8.58. The van der Waals surface area contributed by atoms with Crippen LogP contribution in [-0.4, -0.2) is 57.1 Å². The van der Waals surface area contributed by atoms with Crippen LogP contribution in [0.5, 0.6) is 5.75 Å². The molecule has 9 heteroatoms. The van der Waals surface area contributed by atoms with Crippen molar-refractivity contribution in [1.82, 2.24) is 10.2 Å². The predicted molar refractivity (Wildman–Crippen MR) is 139 cm³/mol. The molecule has 2 amide bonds. The van der Waals surface area contributed by atoms with Gasteiger partial charge in [-0.3, -0.25) is 13.9 Å². The number of methoxy groups -OCH3 is 1. The van der Waals surface area contributed by atoms with Crippen molar-refractivity contribution in [1.29, 1.82) is 0 Å². The van der Waals surface area contributed by atoms with Gasteiger partial charge in [-0.2, -0.15) is 0 Å². The monoisotopic (exact) mass is 503 g/mol. The Labute approximate surface area is 209 Å². The molecule has 0 bridgehead atoms. The van der Waals surface area contributed by atoms with Crippen LogP contribution in [-0.2, 0) is 26.2 Å². The van der Waals surface area contributed by atoms with Gasteiger partial charge in [-0.15, -0.1) is 0 Å². The molecule has 0 saturated heterocycles. The SMILES string of the molecule is COc1cccc(N(CCCC(=O)N(Cc2ccc(C)cc2)C(C)C(=O)NC(C)C)S(C)(=O)=O)c1. The van der Waals surface area contributed by atoms with E-state index in [-0.39, 0.29) is 37.4 Å². The van der Waals surface area contributed by atoms with Crippen LogP contribution in [0.25, 0.3) is 0 Å². The number of rotatable bonds is 12. The molecule has 0 aliphatic carbocycles. The minimum Gasteiger partial charge on any atom is -0.497 e. The summed E-state index contributed by atoms with van der Waals surface area (Å²) in [4.78, 5) is 27.5. The van der Waals surface area contributed by atoms with Gasteiger partial charge in [-0.25, -0.2) is 8.42 Å². The standard InChI is InChI=1S/C26H37N3O5S/c1-19(2)27-26(31)21(4)28(18-22-14-12-20(3)13-15-22)25(30)11-8-16-29(35(6,32)33)23-9-7-10-24(17-23)34-5/h7,9-10,12-15,17,19,21H,8,11,16,18H2,1-6H3,(H,27,31). The molecule has 0 spiro atoms. The number of aryl methyl sites for hydroxylation is 1. The Morgan fingerprint density at radius 3 is 2.29 bits per heavy atom. The normalized spacial score (nSPS) is 12.2. The van der Waals surface area contributed by atoms with Crippen molar-refractivity contribution < 1.29 is 22.7 Å². The summed E-state index contributed by atoms with van der Waals surface area (Å²) in [5.74, 6) is 0.104. The Hall–Kier alpha value is -3.07. The maximum absolute atomic E-state index is 13.3. The summed E-state index contributed by atoms with van der Waals surface area (Å²) in [5, 5.41) is 2.87. The number of nitrogens with zero attached hydrogens (tertiary/aromatic N) is 2. The fourth-order valence-electron chi connectivity index (χ4n) is 3.65. The number of carbonyl (C=O) groups excluding carboxylic acids is 2. The van der Waals surface area contributed by atoms with E-state index in [2.05, 4.69) is 5.32 Å². The molecule has 0 aliphatic heterocycles. The van der Waals surface area contributed by atoms with Crippen molar-refractivity contribution in [2.45, 2.75) is 59.2 Å². The van der Waals surface area contributed by atoms with E-state index in [1.165, 1.54) is 11.4 Å². The summed E-state index contributed by atoms with van der Waals surface area (Å²) in [5.41, 5.74) is 2.50. The molecule has 1 unspecified atom stereocenters. The zero-order valence-corrected chi connectivity index (χ0v) is 22.3. The highest BCUT2D eigenvalue weighted by Crippen LogP contribution is 2.24. The van der Waals surface area contributed by atoms with Crippen molar-refractivity contribution in [3.05, 3.63) is 59.7 Å². The number of carbonyl (C=O) groups is 2. The Morgan fingerprint density at radius 1 is 1.06 bits per heavy atom. The maximum atomic E-state index is 13.3. The van der Waals surface area contributed by atoms with E-state index < -0.39 is 16.1 Å². The summed E-state index contributed by atoms with van der Waals surface area (Å²) in [7, 11) is -2.05. The van der Waals surface area contributed by atoms with Crippen LogP contribution in [0.4, 0.5) is 5.69 Å². The first kappa shape index (κ1) is 28.2. The van der Waals surface area contributed by atoms with Crippen molar-refractivity contribution >= 4 is 27.5 Å². The van der Waals surface area contributed by atoms with Gasteiger partial charge in [0, 0.05) is 31.6 Å². The molecule has 0 aliphatic rings. The summed E-state index contributed by atoms with van der Waals surface area (Å²) < 4.78 is 31.4. The number of hydrogen-bond donors (Lipinski definition) is 1. The number of amides is 2. The van der Waals surface area contributed by atoms with Gasteiger partial charge < -0.3 is 15.0 Å². The second-order valence-corrected chi connectivity index (χ2v) is 10.9. The average molecular weight is 504 g/mol. The van der Waals surface area contributed by atoms with Crippen LogP contribution < -0.4 is 14.4 Å². The number of nitrogens with one attached hydrogen (secondary N) is 1.